The maximum atomic E-state index is 14.8. The van der Waals surface area contributed by atoms with Crippen LogP contribution in [0.4, 0.5) is 9.18 Å². The van der Waals surface area contributed by atoms with Crippen LogP contribution in [-0.2, 0) is 11.3 Å². The Labute approximate surface area is 265 Å². The third-order valence-electron chi connectivity index (χ3n) is 7.57. The summed E-state index contributed by atoms with van der Waals surface area (Å²) in [6, 6.07) is 13.4. The Morgan fingerprint density at radius 3 is 2.56 bits per heavy atom. The number of amides is 2. The molecule has 45 heavy (non-hydrogen) atoms. The van der Waals surface area contributed by atoms with Crippen molar-refractivity contribution in [2.45, 2.75) is 71.2 Å². The zero-order valence-corrected chi connectivity index (χ0v) is 27.1. The average molecular weight is 633 g/mol. The molecule has 5 rings (SSSR count). The van der Waals surface area contributed by atoms with Gasteiger partial charge in [-0.1, -0.05) is 17.3 Å². The molecule has 2 aromatic carbocycles. The van der Waals surface area contributed by atoms with E-state index in [-0.39, 0.29) is 24.1 Å². The van der Waals surface area contributed by atoms with Gasteiger partial charge in [-0.2, -0.15) is 5.26 Å². The number of halogens is 1. The molecular formula is C33H37FN6O4S. The fourth-order valence-corrected chi connectivity index (χ4v) is 6.53. The quantitative estimate of drug-likeness (QED) is 0.273. The van der Waals surface area contributed by atoms with Gasteiger partial charge in [0.2, 0.25) is 0 Å². The number of thiophene rings is 1. The first kappa shape index (κ1) is 32.1. The van der Waals surface area contributed by atoms with Crippen LogP contribution < -0.4 is 0 Å². The van der Waals surface area contributed by atoms with Crippen LogP contribution in [0.15, 0.2) is 42.5 Å². The molecule has 0 saturated carbocycles. The van der Waals surface area contributed by atoms with Crippen molar-refractivity contribution in [1.82, 2.24) is 24.8 Å². The molecule has 236 valence electrons. The van der Waals surface area contributed by atoms with E-state index in [2.05, 4.69) is 10.3 Å². The van der Waals surface area contributed by atoms with E-state index in [9.17, 15) is 24.3 Å². The SMILES string of the molecule is CN(C(=O)OC(C)(C)C)[C@@H]1CCCN(C(=O)c2cc(-c3ccc(C#N)c(F)c3)c(-c3ccc4c(c3)nnn4CC(C)(C)O)s2)C1. The number of nitrogens with zero attached hydrogens (tertiary/aromatic N) is 6. The highest BCUT2D eigenvalue weighted by Crippen LogP contribution is 2.41. The molecule has 0 bridgehead atoms. The van der Waals surface area contributed by atoms with Crippen LogP contribution >= 0.6 is 11.3 Å². The van der Waals surface area contributed by atoms with Crippen LogP contribution in [0.2, 0.25) is 0 Å². The molecule has 0 radical (unpaired) electrons. The minimum absolute atomic E-state index is 0.0647. The Morgan fingerprint density at radius 2 is 1.89 bits per heavy atom. The van der Waals surface area contributed by atoms with E-state index in [1.165, 1.54) is 23.5 Å². The smallest absolute Gasteiger partial charge is 0.410 e. The van der Waals surface area contributed by atoms with Crippen molar-refractivity contribution in [2.24, 2.45) is 0 Å². The maximum absolute atomic E-state index is 14.8. The molecule has 1 saturated heterocycles. The fourth-order valence-electron chi connectivity index (χ4n) is 5.39. The lowest BCUT2D eigenvalue weighted by molar-refractivity contribution is 0.0132. The topological polar surface area (TPSA) is 125 Å². The third-order valence-corrected chi connectivity index (χ3v) is 8.74. The van der Waals surface area contributed by atoms with Crippen LogP contribution in [-0.4, -0.2) is 79.3 Å². The van der Waals surface area contributed by atoms with E-state index >= 15 is 0 Å². The summed E-state index contributed by atoms with van der Waals surface area (Å²) in [5.74, 6) is -0.824. The Balaban J connectivity index is 1.50. The normalized spacial score (nSPS) is 15.6. The van der Waals surface area contributed by atoms with Crippen molar-refractivity contribution in [3.63, 3.8) is 0 Å². The lowest BCUT2D eigenvalue weighted by atomic mass is 10.00. The number of fused-ring (bicyclic) bond motifs is 1. The highest BCUT2D eigenvalue weighted by Gasteiger charge is 2.32. The van der Waals surface area contributed by atoms with Gasteiger partial charge in [0.15, 0.2) is 0 Å². The Hall–Kier alpha value is -4.34. The first-order valence-electron chi connectivity index (χ1n) is 14.8. The van der Waals surface area contributed by atoms with E-state index in [0.717, 1.165) is 28.8 Å². The standard InChI is InChI=1S/C33H37FN6O4S/c1-32(2,3)44-31(42)38(6)23-8-7-13-39(18-23)30(41)28-16-24(20-9-10-22(17-35)25(34)14-20)29(45-28)21-11-12-27-26(15-21)36-37-40(27)19-33(4,5)43/h9-12,14-16,23,43H,7-8,13,18-19H2,1-6H3/t23-/m1/s1. The summed E-state index contributed by atoms with van der Waals surface area (Å²) in [6.45, 7) is 10.0. The van der Waals surface area contributed by atoms with Gasteiger partial charge in [0, 0.05) is 30.6 Å². The number of likely N-dealkylation sites (tertiary alicyclic amines) is 1. The molecule has 1 fully saturated rings. The van der Waals surface area contributed by atoms with Gasteiger partial charge in [-0.15, -0.1) is 16.4 Å². The van der Waals surface area contributed by atoms with Crippen LogP contribution in [0.1, 0.15) is 62.7 Å². The first-order valence-corrected chi connectivity index (χ1v) is 15.6. The third kappa shape index (κ3) is 7.16. The molecule has 12 heteroatoms. The summed E-state index contributed by atoms with van der Waals surface area (Å²) in [6.07, 6.45) is 1.05. The van der Waals surface area contributed by atoms with Crippen molar-refractivity contribution in [2.75, 3.05) is 20.1 Å². The largest absolute Gasteiger partial charge is 0.444 e. The van der Waals surface area contributed by atoms with E-state index in [4.69, 9.17) is 4.74 Å². The number of hydrogen-bond donors (Lipinski definition) is 1. The Bertz CT molecular complexity index is 1800. The minimum Gasteiger partial charge on any atom is -0.444 e. The number of carbonyl (C=O) groups excluding carboxylic acids is 2. The van der Waals surface area contributed by atoms with Crippen molar-refractivity contribution in [3.8, 4) is 27.6 Å². The molecule has 2 amide bonds. The van der Waals surface area contributed by atoms with Crippen molar-refractivity contribution >= 4 is 34.4 Å². The molecule has 1 aliphatic heterocycles. The number of rotatable bonds is 6. The molecule has 10 nitrogen and oxygen atoms in total. The number of carbonyl (C=O) groups is 2. The molecular weight excluding hydrogens is 595 g/mol. The molecule has 0 spiro atoms. The highest BCUT2D eigenvalue weighted by atomic mass is 32.1. The summed E-state index contributed by atoms with van der Waals surface area (Å²) < 4.78 is 22.0. The van der Waals surface area contributed by atoms with Crippen molar-refractivity contribution < 1.29 is 23.8 Å². The fraction of sp³-hybridized carbons (Fsp3) is 0.424. The van der Waals surface area contributed by atoms with Gasteiger partial charge in [0.05, 0.1) is 34.1 Å². The van der Waals surface area contributed by atoms with Crippen LogP contribution in [0.25, 0.3) is 32.6 Å². The first-order chi connectivity index (χ1) is 21.1. The van der Waals surface area contributed by atoms with Crippen LogP contribution in [0.5, 0.6) is 0 Å². The zero-order valence-electron chi connectivity index (χ0n) is 26.3. The predicted molar refractivity (Wildman–Crippen MR) is 170 cm³/mol. The van der Waals surface area contributed by atoms with Crippen molar-refractivity contribution in [1.29, 1.82) is 5.26 Å². The second-order valence-corrected chi connectivity index (χ2v) is 14.1. The molecule has 4 aromatic rings. The molecule has 3 heterocycles. The van der Waals surface area contributed by atoms with E-state index < -0.39 is 23.1 Å². The second kappa shape index (κ2) is 12.2. The second-order valence-electron chi connectivity index (χ2n) is 13.1. The van der Waals surface area contributed by atoms with E-state index in [1.807, 2.05) is 45.0 Å². The average Bonchev–Trinajstić information content (AvgIpc) is 3.59. The number of hydrogen-bond acceptors (Lipinski definition) is 8. The van der Waals surface area contributed by atoms with Crippen LogP contribution in [0, 0.1) is 17.1 Å². The van der Waals surface area contributed by atoms with E-state index in [0.29, 0.717) is 34.6 Å². The highest BCUT2D eigenvalue weighted by molar-refractivity contribution is 7.18. The summed E-state index contributed by atoms with van der Waals surface area (Å²) in [7, 11) is 1.70. The van der Waals surface area contributed by atoms with Crippen molar-refractivity contribution in [3.05, 3.63) is 58.7 Å². The lowest BCUT2D eigenvalue weighted by Gasteiger charge is -2.38. The van der Waals surface area contributed by atoms with E-state index in [1.54, 1.807) is 47.5 Å². The number of ether oxygens (including phenoxy) is 1. The Morgan fingerprint density at radius 1 is 1.16 bits per heavy atom. The number of aromatic nitrogens is 3. The van der Waals surface area contributed by atoms with Gasteiger partial charge in [0.1, 0.15) is 23.0 Å². The molecule has 2 aromatic heterocycles. The lowest BCUT2D eigenvalue weighted by Crippen LogP contribution is -2.51. The van der Waals surface area contributed by atoms with Crippen LogP contribution in [0.3, 0.4) is 0 Å². The summed E-state index contributed by atoms with van der Waals surface area (Å²) in [5, 5.41) is 28.0. The number of aliphatic hydroxyl groups is 1. The zero-order chi connectivity index (χ0) is 32.7. The molecule has 1 aliphatic rings. The van der Waals surface area contributed by atoms with Gasteiger partial charge in [-0.25, -0.2) is 13.9 Å². The molecule has 0 unspecified atom stereocenters. The van der Waals surface area contributed by atoms with Gasteiger partial charge in [0.25, 0.3) is 5.91 Å². The summed E-state index contributed by atoms with van der Waals surface area (Å²) >= 11 is 1.30. The van der Waals surface area contributed by atoms with Gasteiger partial charge < -0.3 is 19.6 Å². The molecule has 1 atom stereocenters. The number of piperidine rings is 1. The van der Waals surface area contributed by atoms with Gasteiger partial charge >= 0.3 is 6.09 Å². The Kier molecular flexibility index (Phi) is 8.70. The molecule has 0 aliphatic carbocycles. The number of likely N-dealkylation sites (N-methyl/N-ethyl adjacent to an activating group) is 1. The summed E-state index contributed by atoms with van der Waals surface area (Å²) in [4.78, 5) is 31.2. The summed E-state index contributed by atoms with van der Waals surface area (Å²) in [5.41, 5.74) is 1.62. The maximum Gasteiger partial charge on any atom is 0.410 e. The monoisotopic (exact) mass is 632 g/mol. The predicted octanol–water partition coefficient (Wildman–Crippen LogP) is 6.08. The number of benzene rings is 2. The van der Waals surface area contributed by atoms with Gasteiger partial charge in [-0.3, -0.25) is 4.79 Å². The van der Waals surface area contributed by atoms with Gasteiger partial charge in [-0.05, 0) is 88.9 Å². The molecule has 1 N–H and O–H groups in total. The number of nitriles is 1. The minimum atomic E-state index is -0.982.